The normalized spacial score (nSPS) is 16.0. The first kappa shape index (κ1) is 20.7. The number of hydrogen-bond donors (Lipinski definition) is 0. The third kappa shape index (κ3) is 4.55. The van der Waals surface area contributed by atoms with E-state index in [0.29, 0.717) is 28.7 Å². The Kier molecular flexibility index (Phi) is 6.08. The third-order valence-corrected chi connectivity index (χ3v) is 6.93. The van der Waals surface area contributed by atoms with Gasteiger partial charge in [-0.3, -0.25) is 14.6 Å². The van der Waals surface area contributed by atoms with E-state index in [0.717, 1.165) is 54.0 Å². The van der Waals surface area contributed by atoms with E-state index in [1.807, 2.05) is 18.2 Å². The van der Waals surface area contributed by atoms with Gasteiger partial charge in [0.2, 0.25) is 6.79 Å². The first-order valence-corrected chi connectivity index (χ1v) is 11.9. The molecule has 1 aromatic heterocycles. The van der Waals surface area contributed by atoms with Crippen LogP contribution in [0.15, 0.2) is 40.9 Å². The number of halogens is 1. The molecule has 2 aliphatic rings. The standard InChI is InChI=1S/C22H22BrN3O4S/c23-16-3-4-17-20(13-16)31-22(24-17)26(7-1-6-25-8-10-28-11-9-25)21(27)15-2-5-18-19(12-15)30-14-29-18/h2-5,12-13H,1,6-11,14H2. The summed E-state index contributed by atoms with van der Waals surface area (Å²) in [6, 6.07) is 11.3. The largest absolute Gasteiger partial charge is 0.454 e. The topological polar surface area (TPSA) is 64.1 Å². The molecule has 31 heavy (non-hydrogen) atoms. The summed E-state index contributed by atoms with van der Waals surface area (Å²) in [4.78, 5) is 22.4. The van der Waals surface area contributed by atoms with Crippen LogP contribution in [0, 0.1) is 0 Å². The number of hydrogen-bond acceptors (Lipinski definition) is 7. The maximum Gasteiger partial charge on any atom is 0.260 e. The van der Waals surface area contributed by atoms with Crippen molar-refractivity contribution in [2.75, 3.05) is 51.1 Å². The summed E-state index contributed by atoms with van der Waals surface area (Å²) >= 11 is 5.04. The van der Waals surface area contributed by atoms with Crippen molar-refractivity contribution in [3.8, 4) is 11.5 Å². The van der Waals surface area contributed by atoms with Crippen molar-refractivity contribution in [3.63, 3.8) is 0 Å². The molecule has 0 radical (unpaired) electrons. The van der Waals surface area contributed by atoms with E-state index < -0.39 is 0 Å². The number of ether oxygens (including phenoxy) is 3. The molecule has 1 saturated heterocycles. The molecule has 0 N–H and O–H groups in total. The molecule has 7 nitrogen and oxygen atoms in total. The number of fused-ring (bicyclic) bond motifs is 2. The molecular weight excluding hydrogens is 482 g/mol. The number of rotatable bonds is 6. The smallest absolute Gasteiger partial charge is 0.260 e. The molecule has 3 heterocycles. The molecule has 0 aliphatic carbocycles. The Balaban J connectivity index is 1.40. The Bertz CT molecular complexity index is 1100. The Morgan fingerprint density at radius 3 is 2.84 bits per heavy atom. The monoisotopic (exact) mass is 503 g/mol. The van der Waals surface area contributed by atoms with Gasteiger partial charge in [0, 0.05) is 36.2 Å². The fraction of sp³-hybridized carbons (Fsp3) is 0.364. The van der Waals surface area contributed by atoms with Gasteiger partial charge in [0.05, 0.1) is 23.4 Å². The van der Waals surface area contributed by atoms with Crippen LogP contribution < -0.4 is 14.4 Å². The van der Waals surface area contributed by atoms with Gasteiger partial charge in [-0.25, -0.2) is 4.98 Å². The third-order valence-electron chi connectivity index (χ3n) is 5.39. The number of carbonyl (C=O) groups excluding carboxylic acids is 1. The van der Waals surface area contributed by atoms with Crippen LogP contribution in [0.5, 0.6) is 11.5 Å². The van der Waals surface area contributed by atoms with Crippen molar-refractivity contribution < 1.29 is 19.0 Å². The number of morpholine rings is 1. The Morgan fingerprint density at radius 1 is 1.13 bits per heavy atom. The molecule has 2 aromatic carbocycles. The fourth-order valence-electron chi connectivity index (χ4n) is 3.75. The number of thiazole rings is 1. The SMILES string of the molecule is O=C(c1ccc2c(c1)OCO2)N(CCCN1CCOCC1)c1nc2ccc(Br)cc2s1. The van der Waals surface area contributed by atoms with Crippen LogP contribution in [0.25, 0.3) is 10.2 Å². The highest BCUT2D eigenvalue weighted by Crippen LogP contribution is 2.35. The van der Waals surface area contributed by atoms with Crippen LogP contribution in [0.2, 0.25) is 0 Å². The lowest BCUT2D eigenvalue weighted by molar-refractivity contribution is 0.0376. The number of anilines is 1. The zero-order valence-corrected chi connectivity index (χ0v) is 19.3. The molecule has 0 atom stereocenters. The summed E-state index contributed by atoms with van der Waals surface area (Å²) in [5.41, 5.74) is 1.45. The quantitative estimate of drug-likeness (QED) is 0.503. The first-order chi connectivity index (χ1) is 15.2. The van der Waals surface area contributed by atoms with Crippen LogP contribution >= 0.6 is 27.3 Å². The molecule has 1 amide bonds. The second-order valence-corrected chi connectivity index (χ2v) is 9.37. The second-order valence-electron chi connectivity index (χ2n) is 7.44. The lowest BCUT2D eigenvalue weighted by atomic mass is 10.1. The maximum absolute atomic E-state index is 13.5. The van der Waals surface area contributed by atoms with Gasteiger partial charge < -0.3 is 14.2 Å². The molecule has 1 fully saturated rings. The number of amides is 1. The van der Waals surface area contributed by atoms with E-state index in [2.05, 4.69) is 20.8 Å². The molecule has 3 aromatic rings. The summed E-state index contributed by atoms with van der Waals surface area (Å²) in [5.74, 6) is 1.19. The number of aromatic nitrogens is 1. The summed E-state index contributed by atoms with van der Waals surface area (Å²) in [6.45, 7) is 5.11. The molecule has 2 aliphatic heterocycles. The van der Waals surface area contributed by atoms with Gasteiger partial charge in [-0.2, -0.15) is 0 Å². The number of carbonyl (C=O) groups is 1. The lowest BCUT2D eigenvalue weighted by Crippen LogP contribution is -2.39. The van der Waals surface area contributed by atoms with E-state index in [-0.39, 0.29) is 12.7 Å². The highest BCUT2D eigenvalue weighted by Gasteiger charge is 2.24. The van der Waals surface area contributed by atoms with Crippen molar-refractivity contribution in [2.45, 2.75) is 6.42 Å². The summed E-state index contributed by atoms with van der Waals surface area (Å²) in [7, 11) is 0. The number of benzene rings is 2. The van der Waals surface area contributed by atoms with Crippen molar-refractivity contribution in [1.82, 2.24) is 9.88 Å². The summed E-state index contributed by atoms with van der Waals surface area (Å²) in [6.07, 6.45) is 0.857. The van der Waals surface area contributed by atoms with Crippen LogP contribution in [0.3, 0.4) is 0 Å². The minimum Gasteiger partial charge on any atom is -0.454 e. The fourth-order valence-corrected chi connectivity index (χ4v) is 5.29. The van der Waals surface area contributed by atoms with Gasteiger partial charge in [-0.05, 0) is 42.8 Å². The highest BCUT2D eigenvalue weighted by molar-refractivity contribution is 9.10. The average molecular weight is 504 g/mol. The van der Waals surface area contributed by atoms with Crippen molar-refractivity contribution >= 4 is 48.5 Å². The van der Waals surface area contributed by atoms with E-state index in [4.69, 9.17) is 19.2 Å². The van der Waals surface area contributed by atoms with Gasteiger partial charge in [0.25, 0.3) is 5.91 Å². The molecule has 0 spiro atoms. The number of nitrogens with zero attached hydrogens (tertiary/aromatic N) is 3. The Labute approximate surface area is 192 Å². The minimum absolute atomic E-state index is 0.0848. The second kappa shape index (κ2) is 9.12. The molecule has 162 valence electrons. The zero-order chi connectivity index (χ0) is 21.2. The van der Waals surface area contributed by atoms with E-state index >= 15 is 0 Å². The summed E-state index contributed by atoms with van der Waals surface area (Å²) in [5, 5.41) is 0.706. The minimum atomic E-state index is -0.0848. The van der Waals surface area contributed by atoms with Gasteiger partial charge in [-0.1, -0.05) is 27.3 Å². The van der Waals surface area contributed by atoms with Crippen LogP contribution in [-0.2, 0) is 4.74 Å². The lowest BCUT2D eigenvalue weighted by Gasteiger charge is -2.27. The van der Waals surface area contributed by atoms with E-state index in [9.17, 15) is 4.79 Å². The molecule has 9 heteroatoms. The van der Waals surface area contributed by atoms with Gasteiger partial charge >= 0.3 is 0 Å². The zero-order valence-electron chi connectivity index (χ0n) is 16.9. The van der Waals surface area contributed by atoms with Crippen LogP contribution in [0.4, 0.5) is 5.13 Å². The van der Waals surface area contributed by atoms with E-state index in [1.165, 1.54) is 11.3 Å². The van der Waals surface area contributed by atoms with Crippen LogP contribution in [-0.4, -0.2) is 62.0 Å². The van der Waals surface area contributed by atoms with Gasteiger partial charge in [0.1, 0.15) is 0 Å². The molecule has 5 rings (SSSR count). The predicted molar refractivity (Wildman–Crippen MR) is 123 cm³/mol. The average Bonchev–Trinajstić information content (AvgIpc) is 3.42. The van der Waals surface area contributed by atoms with Crippen molar-refractivity contribution in [2.24, 2.45) is 0 Å². The van der Waals surface area contributed by atoms with Gasteiger partial charge in [0.15, 0.2) is 16.6 Å². The predicted octanol–water partition coefficient (Wildman–Crippen LogP) is 4.16. The van der Waals surface area contributed by atoms with Crippen molar-refractivity contribution in [1.29, 1.82) is 0 Å². The van der Waals surface area contributed by atoms with E-state index in [1.54, 1.807) is 23.1 Å². The Morgan fingerprint density at radius 2 is 1.97 bits per heavy atom. The summed E-state index contributed by atoms with van der Waals surface area (Å²) < 4.78 is 18.3. The first-order valence-electron chi connectivity index (χ1n) is 10.2. The van der Waals surface area contributed by atoms with Crippen LogP contribution in [0.1, 0.15) is 16.8 Å². The van der Waals surface area contributed by atoms with Crippen molar-refractivity contribution in [3.05, 3.63) is 46.4 Å². The molecule has 0 saturated carbocycles. The Hall–Kier alpha value is -2.20. The highest BCUT2D eigenvalue weighted by atomic mass is 79.9. The van der Waals surface area contributed by atoms with Gasteiger partial charge in [-0.15, -0.1) is 0 Å². The maximum atomic E-state index is 13.5. The molecular formula is C22H22BrN3O4S. The molecule has 0 bridgehead atoms. The molecule has 0 unspecified atom stereocenters.